The summed E-state index contributed by atoms with van der Waals surface area (Å²) < 4.78 is 23.4. The Hall–Kier alpha value is -4.16. The molecule has 0 unspecified atom stereocenters. The van der Waals surface area contributed by atoms with Gasteiger partial charge in [0.1, 0.15) is 11.6 Å². The highest BCUT2D eigenvalue weighted by Crippen LogP contribution is 2.44. The number of rotatable bonds is 5. The van der Waals surface area contributed by atoms with Crippen LogP contribution in [0.2, 0.25) is 0 Å². The lowest BCUT2D eigenvalue weighted by Crippen LogP contribution is -2.72. The van der Waals surface area contributed by atoms with Gasteiger partial charge in [-0.3, -0.25) is 0 Å². The lowest BCUT2D eigenvalue weighted by molar-refractivity contribution is 0.156. The molecule has 6 rings (SSSR count). The molecule has 36 heavy (non-hydrogen) atoms. The summed E-state index contributed by atoms with van der Waals surface area (Å²) >= 11 is 0. The van der Waals surface area contributed by atoms with Crippen molar-refractivity contribution in [1.82, 2.24) is 9.97 Å². The van der Waals surface area contributed by atoms with Gasteiger partial charge in [0.25, 0.3) is 0 Å². The molecule has 2 saturated heterocycles. The highest BCUT2D eigenvalue weighted by Gasteiger charge is 2.52. The maximum atomic E-state index is 11.7. The van der Waals surface area contributed by atoms with Crippen molar-refractivity contribution >= 4 is 43.6 Å². The van der Waals surface area contributed by atoms with Gasteiger partial charge in [-0.25, -0.2) is 18.4 Å². The minimum Gasteiger partial charge on any atom is -0.370 e. The zero-order valence-corrected chi connectivity index (χ0v) is 20.5. The minimum absolute atomic E-state index is 0.271. The lowest BCUT2D eigenvalue weighted by atomic mass is 9.72. The molecule has 4 heterocycles. The fourth-order valence-corrected chi connectivity index (χ4v) is 5.74. The maximum absolute atomic E-state index is 11.7. The molecular weight excluding hydrogens is 472 g/mol. The molecule has 0 aliphatic carbocycles. The number of pyridine rings is 2. The van der Waals surface area contributed by atoms with Crippen molar-refractivity contribution in [3.63, 3.8) is 0 Å². The molecule has 8 nitrogen and oxygen atoms in total. The van der Waals surface area contributed by atoms with E-state index >= 15 is 0 Å². The summed E-state index contributed by atoms with van der Waals surface area (Å²) in [6.45, 7) is 3.89. The predicted molar refractivity (Wildman–Crippen MR) is 140 cm³/mol. The summed E-state index contributed by atoms with van der Waals surface area (Å²) in [4.78, 5) is 14.2. The van der Waals surface area contributed by atoms with Crippen LogP contribution < -0.4 is 15.1 Å². The van der Waals surface area contributed by atoms with Gasteiger partial charge in [-0.15, -0.1) is 0 Å². The van der Waals surface area contributed by atoms with Crippen LogP contribution in [0.3, 0.4) is 0 Å². The average Bonchev–Trinajstić information content (AvgIpc) is 2.82. The van der Waals surface area contributed by atoms with E-state index in [4.69, 9.17) is 10.2 Å². The van der Waals surface area contributed by atoms with Crippen LogP contribution >= 0.6 is 0 Å². The number of aromatic nitrogens is 2. The van der Waals surface area contributed by atoms with Crippen molar-refractivity contribution in [2.75, 3.05) is 47.6 Å². The number of hydrogen-bond donors (Lipinski definition) is 1. The first-order valence-corrected chi connectivity index (χ1v) is 13.5. The summed E-state index contributed by atoms with van der Waals surface area (Å²) in [7, 11) is -3.23. The van der Waals surface area contributed by atoms with E-state index in [0.717, 1.165) is 54.1 Å². The molecular formula is C27H24N6O2S. The van der Waals surface area contributed by atoms with E-state index in [0.29, 0.717) is 11.4 Å². The van der Waals surface area contributed by atoms with Gasteiger partial charge in [0.15, 0.2) is 9.84 Å². The first-order chi connectivity index (χ1) is 17.3. The van der Waals surface area contributed by atoms with Crippen LogP contribution in [0.25, 0.3) is 10.8 Å². The molecule has 1 spiro atoms. The van der Waals surface area contributed by atoms with Crippen molar-refractivity contribution in [2.45, 2.75) is 4.90 Å². The molecule has 2 fully saturated rings. The second-order valence-electron chi connectivity index (χ2n) is 9.72. The van der Waals surface area contributed by atoms with E-state index in [1.165, 1.54) is 6.26 Å². The molecule has 0 radical (unpaired) electrons. The van der Waals surface area contributed by atoms with Gasteiger partial charge < -0.3 is 15.1 Å². The molecule has 2 aliphatic rings. The normalized spacial score (nSPS) is 16.3. The topological polar surface area (TPSA) is 102 Å². The van der Waals surface area contributed by atoms with Crippen LogP contribution in [0.1, 0.15) is 5.56 Å². The molecule has 0 saturated carbocycles. The second kappa shape index (κ2) is 8.21. The SMILES string of the molecule is CS(=O)(=O)c1ccc(Nc2cc3c(N4CC5(CN(c6ccc(C#N)cc6)C5)C4)nccc3cn2)cc1. The Kier molecular flexibility index (Phi) is 5.09. The number of fused-ring (bicyclic) bond motifs is 1. The third-order valence-electron chi connectivity index (χ3n) is 6.95. The number of sulfone groups is 1. The van der Waals surface area contributed by atoms with Gasteiger partial charge in [-0.2, -0.15) is 5.26 Å². The zero-order valence-electron chi connectivity index (χ0n) is 19.7. The zero-order chi connectivity index (χ0) is 24.9. The highest BCUT2D eigenvalue weighted by molar-refractivity contribution is 7.90. The summed E-state index contributed by atoms with van der Waals surface area (Å²) in [6, 6.07) is 20.6. The molecule has 2 aliphatic heterocycles. The Morgan fingerprint density at radius 1 is 0.944 bits per heavy atom. The van der Waals surface area contributed by atoms with E-state index in [1.807, 2.05) is 48.8 Å². The molecule has 0 atom stereocenters. The molecule has 1 N–H and O–H groups in total. The molecule has 0 bridgehead atoms. The minimum atomic E-state index is -3.23. The molecule has 2 aromatic heterocycles. The number of benzene rings is 2. The third-order valence-corrected chi connectivity index (χ3v) is 8.08. The van der Waals surface area contributed by atoms with Gasteiger partial charge in [-0.1, -0.05) is 0 Å². The summed E-state index contributed by atoms with van der Waals surface area (Å²) in [5, 5.41) is 14.3. The standard InChI is InChI=1S/C27H24N6O2S/c1-36(34,35)23-8-4-21(5-9-23)31-25-12-24-20(14-30-25)10-11-29-26(24)33-17-27(18-33)15-32(16-27)22-6-2-19(13-28)3-7-22/h2-12,14H,15-18H2,1H3,(H,30,31). The van der Waals surface area contributed by atoms with Crippen molar-refractivity contribution in [1.29, 1.82) is 5.26 Å². The number of nitrogens with zero attached hydrogens (tertiary/aromatic N) is 5. The Morgan fingerprint density at radius 3 is 2.31 bits per heavy atom. The van der Waals surface area contributed by atoms with E-state index in [9.17, 15) is 8.42 Å². The molecule has 2 aromatic carbocycles. The van der Waals surface area contributed by atoms with Gasteiger partial charge in [0.2, 0.25) is 0 Å². The van der Waals surface area contributed by atoms with Crippen molar-refractivity contribution in [3.8, 4) is 6.07 Å². The van der Waals surface area contributed by atoms with Crippen LogP contribution in [0.4, 0.5) is 23.0 Å². The van der Waals surface area contributed by atoms with Gasteiger partial charge in [-0.05, 0) is 60.7 Å². The van der Waals surface area contributed by atoms with Gasteiger partial charge in [0.05, 0.1) is 16.5 Å². The summed E-state index contributed by atoms with van der Waals surface area (Å²) in [5.74, 6) is 1.63. The average molecular weight is 497 g/mol. The Labute approximate surface area is 209 Å². The van der Waals surface area contributed by atoms with E-state index in [1.54, 1.807) is 24.3 Å². The largest absolute Gasteiger partial charge is 0.370 e. The van der Waals surface area contributed by atoms with E-state index < -0.39 is 9.84 Å². The van der Waals surface area contributed by atoms with Crippen LogP contribution in [-0.4, -0.2) is 50.8 Å². The Bertz CT molecular complexity index is 1600. The maximum Gasteiger partial charge on any atom is 0.175 e. The van der Waals surface area contributed by atoms with E-state index in [2.05, 4.69) is 26.2 Å². The Balaban J connectivity index is 1.16. The fraction of sp³-hybridized carbons (Fsp3) is 0.222. The number of nitriles is 1. The van der Waals surface area contributed by atoms with Crippen molar-refractivity contribution in [3.05, 3.63) is 78.6 Å². The van der Waals surface area contributed by atoms with Crippen LogP contribution in [0.5, 0.6) is 0 Å². The molecule has 0 amide bonds. The molecule has 180 valence electrons. The van der Waals surface area contributed by atoms with Crippen molar-refractivity contribution < 1.29 is 8.42 Å². The van der Waals surface area contributed by atoms with E-state index in [-0.39, 0.29) is 10.3 Å². The Morgan fingerprint density at radius 2 is 1.64 bits per heavy atom. The number of nitrogens with one attached hydrogen (secondary N) is 1. The molecule has 4 aromatic rings. The summed E-state index contributed by atoms with van der Waals surface area (Å²) in [6.07, 6.45) is 4.85. The molecule has 9 heteroatoms. The van der Waals surface area contributed by atoms with Gasteiger partial charge in [0, 0.05) is 72.4 Å². The fourth-order valence-electron chi connectivity index (χ4n) is 5.11. The first kappa shape index (κ1) is 22.3. The smallest absolute Gasteiger partial charge is 0.175 e. The summed E-state index contributed by atoms with van der Waals surface area (Å²) in [5.41, 5.74) is 2.88. The van der Waals surface area contributed by atoms with Crippen LogP contribution in [0, 0.1) is 16.7 Å². The quantitative estimate of drug-likeness (QED) is 0.443. The van der Waals surface area contributed by atoms with Crippen LogP contribution in [-0.2, 0) is 9.84 Å². The van der Waals surface area contributed by atoms with Crippen LogP contribution in [0.15, 0.2) is 78.0 Å². The van der Waals surface area contributed by atoms with Crippen molar-refractivity contribution in [2.24, 2.45) is 5.41 Å². The number of hydrogen-bond acceptors (Lipinski definition) is 8. The highest BCUT2D eigenvalue weighted by atomic mass is 32.2. The predicted octanol–water partition coefficient (Wildman–Crippen LogP) is 3.98. The lowest BCUT2D eigenvalue weighted by Gasteiger charge is -2.61. The third kappa shape index (κ3) is 3.99. The second-order valence-corrected chi connectivity index (χ2v) is 11.7. The first-order valence-electron chi connectivity index (χ1n) is 11.6. The monoisotopic (exact) mass is 496 g/mol. The van der Waals surface area contributed by atoms with Gasteiger partial charge >= 0.3 is 0 Å². The number of anilines is 4.